The van der Waals surface area contributed by atoms with E-state index in [1.54, 1.807) is 0 Å². The molecule has 0 bridgehead atoms. The zero-order chi connectivity index (χ0) is 11.5. The second-order valence-electron chi connectivity index (χ2n) is 6.02. The molecule has 1 saturated carbocycles. The van der Waals surface area contributed by atoms with E-state index in [1.807, 2.05) is 0 Å². The molecule has 1 aliphatic carbocycles. The SMILES string of the molecule is CC(C)C1CC(NC(C)C2CCC2)CCO1. The summed E-state index contributed by atoms with van der Waals surface area (Å²) in [6.45, 7) is 7.84. The van der Waals surface area contributed by atoms with Gasteiger partial charge in [0.2, 0.25) is 0 Å². The third kappa shape index (κ3) is 2.98. The van der Waals surface area contributed by atoms with Crippen molar-refractivity contribution < 1.29 is 4.74 Å². The predicted molar refractivity (Wildman–Crippen MR) is 67.5 cm³/mol. The van der Waals surface area contributed by atoms with E-state index in [2.05, 4.69) is 26.1 Å². The molecular weight excluding hydrogens is 198 g/mol. The lowest BCUT2D eigenvalue weighted by molar-refractivity contribution is -0.0274. The Balaban J connectivity index is 1.75. The second-order valence-corrected chi connectivity index (χ2v) is 6.02. The Bertz CT molecular complexity index is 213. The van der Waals surface area contributed by atoms with Gasteiger partial charge in [-0.2, -0.15) is 0 Å². The van der Waals surface area contributed by atoms with Crippen LogP contribution in [0.5, 0.6) is 0 Å². The summed E-state index contributed by atoms with van der Waals surface area (Å²) >= 11 is 0. The van der Waals surface area contributed by atoms with Crippen molar-refractivity contribution >= 4 is 0 Å². The molecule has 16 heavy (non-hydrogen) atoms. The highest BCUT2D eigenvalue weighted by atomic mass is 16.5. The van der Waals surface area contributed by atoms with E-state index in [-0.39, 0.29) is 0 Å². The van der Waals surface area contributed by atoms with Crippen LogP contribution in [0.4, 0.5) is 0 Å². The van der Waals surface area contributed by atoms with E-state index in [4.69, 9.17) is 4.74 Å². The van der Waals surface area contributed by atoms with Gasteiger partial charge in [-0.25, -0.2) is 0 Å². The van der Waals surface area contributed by atoms with Crippen LogP contribution in [0.3, 0.4) is 0 Å². The largest absolute Gasteiger partial charge is 0.378 e. The second kappa shape index (κ2) is 5.50. The standard InChI is InChI=1S/C14H27NO/c1-10(2)14-9-13(7-8-16-14)15-11(3)12-5-4-6-12/h10-15H,4-9H2,1-3H3. The Morgan fingerprint density at radius 3 is 2.44 bits per heavy atom. The summed E-state index contributed by atoms with van der Waals surface area (Å²) in [7, 11) is 0. The Kier molecular flexibility index (Phi) is 4.26. The minimum absolute atomic E-state index is 0.472. The van der Waals surface area contributed by atoms with Crippen LogP contribution >= 0.6 is 0 Å². The van der Waals surface area contributed by atoms with Gasteiger partial charge < -0.3 is 10.1 Å². The van der Waals surface area contributed by atoms with E-state index in [0.717, 1.165) is 12.5 Å². The van der Waals surface area contributed by atoms with Gasteiger partial charge in [0, 0.05) is 18.7 Å². The molecule has 1 aliphatic heterocycles. The molecule has 2 rings (SSSR count). The fourth-order valence-electron chi connectivity index (χ4n) is 2.89. The maximum absolute atomic E-state index is 5.81. The smallest absolute Gasteiger partial charge is 0.0612 e. The molecule has 3 atom stereocenters. The third-order valence-electron chi connectivity index (χ3n) is 4.41. The van der Waals surface area contributed by atoms with Crippen molar-refractivity contribution in [3.63, 3.8) is 0 Å². The Morgan fingerprint density at radius 2 is 1.88 bits per heavy atom. The van der Waals surface area contributed by atoms with Crippen molar-refractivity contribution in [2.45, 2.75) is 71.1 Å². The molecular formula is C14H27NO. The number of hydrogen-bond acceptors (Lipinski definition) is 2. The van der Waals surface area contributed by atoms with Crippen LogP contribution in [0, 0.1) is 11.8 Å². The molecule has 0 spiro atoms. The topological polar surface area (TPSA) is 21.3 Å². The first-order valence-corrected chi connectivity index (χ1v) is 7.04. The van der Waals surface area contributed by atoms with Gasteiger partial charge in [-0.15, -0.1) is 0 Å². The van der Waals surface area contributed by atoms with Gasteiger partial charge in [0.25, 0.3) is 0 Å². The normalized spacial score (nSPS) is 33.8. The zero-order valence-corrected chi connectivity index (χ0v) is 11.0. The fourth-order valence-corrected chi connectivity index (χ4v) is 2.89. The first kappa shape index (κ1) is 12.4. The summed E-state index contributed by atoms with van der Waals surface area (Å²) in [6, 6.07) is 1.40. The highest BCUT2D eigenvalue weighted by Crippen LogP contribution is 2.30. The number of hydrogen-bond donors (Lipinski definition) is 1. The van der Waals surface area contributed by atoms with E-state index in [1.165, 1.54) is 32.1 Å². The minimum atomic E-state index is 0.472. The van der Waals surface area contributed by atoms with Gasteiger partial charge in [-0.05, 0) is 44.4 Å². The van der Waals surface area contributed by atoms with Crippen LogP contribution in [0.1, 0.15) is 52.9 Å². The summed E-state index contributed by atoms with van der Waals surface area (Å²) in [4.78, 5) is 0. The molecule has 2 fully saturated rings. The van der Waals surface area contributed by atoms with Crippen LogP contribution in [-0.4, -0.2) is 24.8 Å². The molecule has 2 aliphatic rings. The van der Waals surface area contributed by atoms with Gasteiger partial charge in [0.05, 0.1) is 6.10 Å². The number of ether oxygens (including phenoxy) is 1. The van der Waals surface area contributed by atoms with Crippen molar-refractivity contribution in [2.75, 3.05) is 6.61 Å². The number of nitrogens with one attached hydrogen (secondary N) is 1. The van der Waals surface area contributed by atoms with Crippen molar-refractivity contribution in [1.82, 2.24) is 5.32 Å². The van der Waals surface area contributed by atoms with Gasteiger partial charge in [0.15, 0.2) is 0 Å². The highest BCUT2D eigenvalue weighted by Gasteiger charge is 2.29. The molecule has 0 amide bonds. The molecule has 0 aromatic rings. The highest BCUT2D eigenvalue weighted by molar-refractivity contribution is 4.85. The third-order valence-corrected chi connectivity index (χ3v) is 4.41. The molecule has 1 saturated heterocycles. The quantitative estimate of drug-likeness (QED) is 0.794. The lowest BCUT2D eigenvalue weighted by Gasteiger charge is -2.38. The summed E-state index contributed by atoms with van der Waals surface area (Å²) in [5.41, 5.74) is 0. The molecule has 0 radical (unpaired) electrons. The Labute approximate surface area is 100 Å². The first-order chi connectivity index (χ1) is 7.66. The lowest BCUT2D eigenvalue weighted by atomic mass is 9.80. The van der Waals surface area contributed by atoms with Crippen LogP contribution in [0.15, 0.2) is 0 Å². The molecule has 2 nitrogen and oxygen atoms in total. The maximum Gasteiger partial charge on any atom is 0.0612 e. The van der Waals surface area contributed by atoms with E-state index in [9.17, 15) is 0 Å². The van der Waals surface area contributed by atoms with Gasteiger partial charge >= 0.3 is 0 Å². The average Bonchev–Trinajstić information content (AvgIpc) is 2.15. The van der Waals surface area contributed by atoms with Crippen LogP contribution in [0.2, 0.25) is 0 Å². The van der Waals surface area contributed by atoms with Crippen LogP contribution in [0.25, 0.3) is 0 Å². The van der Waals surface area contributed by atoms with E-state index < -0.39 is 0 Å². The van der Waals surface area contributed by atoms with Crippen molar-refractivity contribution in [3.8, 4) is 0 Å². The molecule has 0 aromatic heterocycles. The summed E-state index contributed by atoms with van der Waals surface area (Å²) in [5, 5.41) is 3.83. The van der Waals surface area contributed by atoms with Crippen molar-refractivity contribution in [1.29, 1.82) is 0 Å². The monoisotopic (exact) mass is 225 g/mol. The average molecular weight is 225 g/mol. The van der Waals surface area contributed by atoms with E-state index >= 15 is 0 Å². The van der Waals surface area contributed by atoms with Crippen LogP contribution < -0.4 is 5.32 Å². The number of rotatable bonds is 4. The minimum Gasteiger partial charge on any atom is -0.378 e. The fraction of sp³-hybridized carbons (Fsp3) is 1.00. The molecule has 3 unspecified atom stereocenters. The summed E-state index contributed by atoms with van der Waals surface area (Å²) in [5.74, 6) is 1.60. The lowest BCUT2D eigenvalue weighted by Crippen LogP contribution is -2.47. The Hall–Kier alpha value is -0.0800. The molecule has 1 heterocycles. The molecule has 2 heteroatoms. The summed E-state index contributed by atoms with van der Waals surface area (Å²) in [6.07, 6.45) is 7.18. The van der Waals surface area contributed by atoms with Crippen LogP contribution in [-0.2, 0) is 4.74 Å². The Morgan fingerprint density at radius 1 is 1.12 bits per heavy atom. The van der Waals surface area contributed by atoms with Crippen molar-refractivity contribution in [3.05, 3.63) is 0 Å². The van der Waals surface area contributed by atoms with Gasteiger partial charge in [-0.1, -0.05) is 20.3 Å². The van der Waals surface area contributed by atoms with E-state index in [0.29, 0.717) is 24.1 Å². The van der Waals surface area contributed by atoms with Crippen molar-refractivity contribution in [2.24, 2.45) is 11.8 Å². The molecule has 1 N–H and O–H groups in total. The maximum atomic E-state index is 5.81. The first-order valence-electron chi connectivity index (χ1n) is 7.04. The molecule has 94 valence electrons. The van der Waals surface area contributed by atoms with Gasteiger partial charge in [-0.3, -0.25) is 0 Å². The summed E-state index contributed by atoms with van der Waals surface area (Å²) < 4.78 is 5.81. The molecule has 0 aromatic carbocycles. The van der Waals surface area contributed by atoms with Gasteiger partial charge in [0.1, 0.15) is 0 Å². The zero-order valence-electron chi connectivity index (χ0n) is 11.0. The predicted octanol–water partition coefficient (Wildman–Crippen LogP) is 2.97.